The number of hydrogen-bond acceptors (Lipinski definition) is 4. The molecule has 19 heavy (non-hydrogen) atoms. The van der Waals surface area contributed by atoms with Crippen molar-refractivity contribution in [3.8, 4) is 0 Å². The standard InChI is InChI=1S/C14H12ClN3S/c1-9(15)10-4-2-3-5-12(10)18-13-11-6-7-19-14(11)17-8-16-13/h2-9H,1H3,(H,16,17,18). The number of para-hydroxylation sites is 1. The molecule has 3 aromatic rings. The number of anilines is 2. The fourth-order valence-electron chi connectivity index (χ4n) is 1.97. The lowest BCUT2D eigenvalue weighted by Crippen LogP contribution is -1.99. The molecule has 2 aromatic heterocycles. The molecular formula is C14H12ClN3S. The number of halogens is 1. The zero-order valence-corrected chi connectivity index (χ0v) is 11.9. The molecule has 1 atom stereocenters. The normalized spacial score (nSPS) is 12.5. The molecule has 1 unspecified atom stereocenters. The second-order valence-electron chi connectivity index (χ2n) is 4.19. The third kappa shape index (κ3) is 2.41. The Labute approximate surface area is 120 Å². The lowest BCUT2D eigenvalue weighted by atomic mass is 10.1. The molecule has 0 spiro atoms. The first-order valence-corrected chi connectivity index (χ1v) is 7.25. The summed E-state index contributed by atoms with van der Waals surface area (Å²) in [5.74, 6) is 0.816. The van der Waals surface area contributed by atoms with Gasteiger partial charge in [0.2, 0.25) is 0 Å². The highest BCUT2D eigenvalue weighted by atomic mass is 35.5. The number of rotatable bonds is 3. The largest absolute Gasteiger partial charge is 0.339 e. The van der Waals surface area contributed by atoms with E-state index in [2.05, 4.69) is 15.3 Å². The molecular weight excluding hydrogens is 278 g/mol. The minimum atomic E-state index is -0.0523. The van der Waals surface area contributed by atoms with Gasteiger partial charge < -0.3 is 5.32 Å². The Balaban J connectivity index is 2.04. The van der Waals surface area contributed by atoms with Crippen LogP contribution in [0.4, 0.5) is 11.5 Å². The summed E-state index contributed by atoms with van der Waals surface area (Å²) >= 11 is 7.81. The number of benzene rings is 1. The predicted molar refractivity (Wildman–Crippen MR) is 81.4 cm³/mol. The van der Waals surface area contributed by atoms with Crippen molar-refractivity contribution in [3.63, 3.8) is 0 Å². The highest BCUT2D eigenvalue weighted by Crippen LogP contribution is 2.31. The van der Waals surface area contributed by atoms with Crippen molar-refractivity contribution in [2.45, 2.75) is 12.3 Å². The maximum atomic E-state index is 6.20. The molecule has 0 aliphatic heterocycles. The van der Waals surface area contributed by atoms with E-state index in [9.17, 15) is 0 Å². The molecule has 0 fully saturated rings. The lowest BCUT2D eigenvalue weighted by Gasteiger charge is -2.13. The highest BCUT2D eigenvalue weighted by molar-refractivity contribution is 7.16. The maximum Gasteiger partial charge on any atom is 0.142 e. The Morgan fingerprint density at radius 1 is 1.21 bits per heavy atom. The Morgan fingerprint density at radius 2 is 2.05 bits per heavy atom. The predicted octanol–water partition coefficient (Wildman–Crippen LogP) is 4.73. The van der Waals surface area contributed by atoms with E-state index in [1.807, 2.05) is 42.6 Å². The van der Waals surface area contributed by atoms with E-state index in [-0.39, 0.29) is 5.38 Å². The average Bonchev–Trinajstić information content (AvgIpc) is 2.88. The lowest BCUT2D eigenvalue weighted by molar-refractivity contribution is 1.08. The summed E-state index contributed by atoms with van der Waals surface area (Å²) in [6, 6.07) is 10.0. The quantitative estimate of drug-likeness (QED) is 0.708. The molecule has 1 N–H and O–H groups in total. The Morgan fingerprint density at radius 3 is 2.89 bits per heavy atom. The van der Waals surface area contributed by atoms with Gasteiger partial charge in [0.05, 0.1) is 10.8 Å². The zero-order chi connectivity index (χ0) is 13.2. The summed E-state index contributed by atoms with van der Waals surface area (Å²) in [5, 5.41) is 6.35. The molecule has 0 aliphatic rings. The SMILES string of the molecule is CC(Cl)c1ccccc1Nc1ncnc2sccc12. The smallest absolute Gasteiger partial charge is 0.142 e. The molecule has 0 aliphatic carbocycles. The van der Waals surface area contributed by atoms with Crippen molar-refractivity contribution >= 4 is 44.7 Å². The van der Waals surface area contributed by atoms with Crippen LogP contribution in [-0.4, -0.2) is 9.97 Å². The summed E-state index contributed by atoms with van der Waals surface area (Å²) < 4.78 is 0. The van der Waals surface area contributed by atoms with Crippen LogP contribution in [0.3, 0.4) is 0 Å². The van der Waals surface area contributed by atoms with Gasteiger partial charge in [0.1, 0.15) is 17.0 Å². The summed E-state index contributed by atoms with van der Waals surface area (Å²) in [5.41, 5.74) is 2.04. The molecule has 0 radical (unpaired) electrons. The summed E-state index contributed by atoms with van der Waals surface area (Å²) in [6.07, 6.45) is 1.58. The minimum Gasteiger partial charge on any atom is -0.339 e. The number of fused-ring (bicyclic) bond motifs is 1. The number of nitrogens with zero attached hydrogens (tertiary/aromatic N) is 2. The third-order valence-corrected chi connectivity index (χ3v) is 3.96. The van der Waals surface area contributed by atoms with E-state index in [0.717, 1.165) is 27.3 Å². The van der Waals surface area contributed by atoms with Gasteiger partial charge in [-0.1, -0.05) is 18.2 Å². The van der Waals surface area contributed by atoms with E-state index in [0.29, 0.717) is 0 Å². The molecule has 0 amide bonds. The van der Waals surface area contributed by atoms with Crippen LogP contribution in [0.1, 0.15) is 17.9 Å². The molecule has 0 saturated heterocycles. The average molecular weight is 290 g/mol. The Kier molecular flexibility index (Phi) is 3.36. The Bertz CT molecular complexity index is 708. The van der Waals surface area contributed by atoms with Crippen LogP contribution in [0.2, 0.25) is 0 Å². The topological polar surface area (TPSA) is 37.8 Å². The van der Waals surface area contributed by atoms with Crippen LogP contribution in [0.15, 0.2) is 42.0 Å². The van der Waals surface area contributed by atoms with Gasteiger partial charge in [-0.15, -0.1) is 22.9 Å². The second-order valence-corrected chi connectivity index (χ2v) is 5.74. The van der Waals surface area contributed by atoms with E-state index < -0.39 is 0 Å². The Hall–Kier alpha value is -1.65. The van der Waals surface area contributed by atoms with Gasteiger partial charge in [-0.25, -0.2) is 9.97 Å². The molecule has 0 saturated carbocycles. The van der Waals surface area contributed by atoms with Crippen LogP contribution in [0.25, 0.3) is 10.2 Å². The van der Waals surface area contributed by atoms with Crippen molar-refractivity contribution in [1.82, 2.24) is 9.97 Å². The molecule has 3 nitrogen and oxygen atoms in total. The van der Waals surface area contributed by atoms with Gasteiger partial charge in [0.15, 0.2) is 0 Å². The van der Waals surface area contributed by atoms with Gasteiger partial charge in [-0.05, 0) is 30.0 Å². The van der Waals surface area contributed by atoms with Crippen LogP contribution in [0, 0.1) is 0 Å². The number of thiophene rings is 1. The molecule has 96 valence electrons. The van der Waals surface area contributed by atoms with Crippen molar-refractivity contribution in [1.29, 1.82) is 0 Å². The summed E-state index contributed by atoms with van der Waals surface area (Å²) in [4.78, 5) is 9.54. The molecule has 5 heteroatoms. The van der Waals surface area contributed by atoms with Gasteiger partial charge in [0, 0.05) is 5.69 Å². The van der Waals surface area contributed by atoms with E-state index in [1.165, 1.54) is 0 Å². The van der Waals surface area contributed by atoms with Crippen molar-refractivity contribution in [2.24, 2.45) is 0 Å². The number of alkyl halides is 1. The second kappa shape index (κ2) is 5.15. The number of aromatic nitrogens is 2. The monoisotopic (exact) mass is 289 g/mol. The van der Waals surface area contributed by atoms with E-state index in [4.69, 9.17) is 11.6 Å². The first-order valence-electron chi connectivity index (χ1n) is 5.94. The molecule has 0 bridgehead atoms. The van der Waals surface area contributed by atoms with Crippen LogP contribution < -0.4 is 5.32 Å². The molecule has 2 heterocycles. The van der Waals surface area contributed by atoms with E-state index in [1.54, 1.807) is 17.7 Å². The first-order chi connectivity index (χ1) is 9.25. The minimum absolute atomic E-state index is 0.0523. The van der Waals surface area contributed by atoms with Crippen molar-refractivity contribution in [2.75, 3.05) is 5.32 Å². The number of nitrogens with one attached hydrogen (secondary N) is 1. The van der Waals surface area contributed by atoms with Crippen LogP contribution >= 0.6 is 22.9 Å². The van der Waals surface area contributed by atoms with Gasteiger partial charge in [-0.2, -0.15) is 0 Å². The summed E-state index contributed by atoms with van der Waals surface area (Å²) in [7, 11) is 0. The number of hydrogen-bond donors (Lipinski definition) is 1. The van der Waals surface area contributed by atoms with E-state index >= 15 is 0 Å². The summed E-state index contributed by atoms with van der Waals surface area (Å²) in [6.45, 7) is 1.96. The van der Waals surface area contributed by atoms with Crippen molar-refractivity contribution < 1.29 is 0 Å². The van der Waals surface area contributed by atoms with Crippen LogP contribution in [-0.2, 0) is 0 Å². The van der Waals surface area contributed by atoms with Crippen LogP contribution in [0.5, 0.6) is 0 Å². The fraction of sp³-hybridized carbons (Fsp3) is 0.143. The first kappa shape index (κ1) is 12.4. The maximum absolute atomic E-state index is 6.20. The highest BCUT2D eigenvalue weighted by Gasteiger charge is 2.10. The van der Waals surface area contributed by atoms with Gasteiger partial charge >= 0.3 is 0 Å². The zero-order valence-electron chi connectivity index (χ0n) is 10.3. The third-order valence-electron chi connectivity index (χ3n) is 2.90. The molecule has 1 aromatic carbocycles. The fourth-order valence-corrected chi connectivity index (χ4v) is 2.90. The molecule has 3 rings (SSSR count). The van der Waals surface area contributed by atoms with Crippen molar-refractivity contribution in [3.05, 3.63) is 47.6 Å². The van der Waals surface area contributed by atoms with Gasteiger partial charge in [0.25, 0.3) is 0 Å². The van der Waals surface area contributed by atoms with Gasteiger partial charge in [-0.3, -0.25) is 0 Å².